The second-order valence-corrected chi connectivity index (χ2v) is 8.51. The van der Waals surface area contributed by atoms with Crippen molar-refractivity contribution in [3.63, 3.8) is 0 Å². The molecule has 2 aromatic heterocycles. The van der Waals surface area contributed by atoms with Crippen LogP contribution in [0.5, 0.6) is 0 Å². The second kappa shape index (κ2) is 7.94. The van der Waals surface area contributed by atoms with E-state index in [0.29, 0.717) is 17.1 Å². The maximum Gasteiger partial charge on any atom is 0.306 e. The summed E-state index contributed by atoms with van der Waals surface area (Å²) < 4.78 is 64.8. The summed E-state index contributed by atoms with van der Waals surface area (Å²) in [4.78, 5) is 8.01. The number of benzene rings is 1. The zero-order valence-electron chi connectivity index (χ0n) is 16.3. The van der Waals surface area contributed by atoms with Gasteiger partial charge >= 0.3 is 5.92 Å². The van der Waals surface area contributed by atoms with Gasteiger partial charge < -0.3 is 10.6 Å². The third-order valence-corrected chi connectivity index (χ3v) is 5.48. The lowest BCUT2D eigenvalue weighted by Gasteiger charge is -2.16. The number of anilines is 3. The molecule has 2 heterocycles. The predicted molar refractivity (Wildman–Crippen MR) is 106 cm³/mol. The first-order chi connectivity index (χ1) is 14.1. The molecule has 0 aliphatic heterocycles. The Bertz CT molecular complexity index is 1160. The molecule has 0 aliphatic carbocycles. The summed E-state index contributed by atoms with van der Waals surface area (Å²) >= 11 is 0. The maximum atomic E-state index is 13.7. The first-order valence-electron chi connectivity index (χ1n) is 8.68. The summed E-state index contributed by atoms with van der Waals surface area (Å²) in [5.41, 5.74) is 1.14. The lowest BCUT2D eigenvalue weighted by atomic mass is 10.2. The lowest BCUT2D eigenvalue weighted by molar-refractivity contribution is -0.0279. The van der Waals surface area contributed by atoms with Crippen LogP contribution in [0.15, 0.2) is 41.6 Å². The summed E-state index contributed by atoms with van der Waals surface area (Å²) in [6.45, 7) is -0.105. The molecule has 0 saturated heterocycles. The Morgan fingerprint density at radius 1 is 1.17 bits per heavy atom. The molecule has 30 heavy (non-hydrogen) atoms. The SMILES string of the molecule is CNc1nc(Nc2cnn(-c3ccc(S(C)(=O)=O)cc3)c2C)ncc1C(F)(F)CF. The Hall–Kier alpha value is -3.15. The van der Waals surface area contributed by atoms with Gasteiger partial charge in [0.05, 0.1) is 33.7 Å². The molecule has 0 aliphatic rings. The highest BCUT2D eigenvalue weighted by molar-refractivity contribution is 7.90. The number of sulfone groups is 1. The minimum atomic E-state index is -3.70. The first kappa shape index (κ1) is 21.6. The third kappa shape index (κ3) is 4.22. The molecule has 1 aromatic carbocycles. The smallest absolute Gasteiger partial charge is 0.306 e. The number of aromatic nitrogens is 4. The highest BCUT2D eigenvalue weighted by Gasteiger charge is 2.35. The van der Waals surface area contributed by atoms with Crippen LogP contribution in [0, 0.1) is 6.92 Å². The molecule has 0 unspecified atom stereocenters. The molecular weight excluding hydrogens is 421 g/mol. The van der Waals surface area contributed by atoms with Gasteiger partial charge in [-0.2, -0.15) is 18.9 Å². The molecule has 0 spiro atoms. The Kier molecular flexibility index (Phi) is 5.70. The molecule has 3 aromatic rings. The fourth-order valence-corrected chi connectivity index (χ4v) is 3.35. The summed E-state index contributed by atoms with van der Waals surface area (Å²) in [6.07, 6.45) is 3.48. The Morgan fingerprint density at radius 3 is 2.40 bits per heavy atom. The van der Waals surface area contributed by atoms with E-state index in [4.69, 9.17) is 0 Å². The fourth-order valence-electron chi connectivity index (χ4n) is 2.72. The molecule has 8 nitrogen and oxygen atoms in total. The van der Waals surface area contributed by atoms with Crippen LogP contribution in [0.3, 0.4) is 0 Å². The van der Waals surface area contributed by atoms with Crippen molar-refractivity contribution in [3.8, 4) is 5.69 Å². The Labute approximate surface area is 171 Å². The largest absolute Gasteiger partial charge is 0.373 e. The number of halogens is 3. The van der Waals surface area contributed by atoms with Gasteiger partial charge in [-0.1, -0.05) is 0 Å². The van der Waals surface area contributed by atoms with Crippen LogP contribution in [0.2, 0.25) is 0 Å². The standard InChI is InChI=1S/C18H19F3N6O2S/c1-11-15(9-24-27(11)12-4-6-13(7-5-12)30(3,28)29)25-17-23-8-14(16(22-2)26-17)18(20,21)10-19/h4-9H,10H2,1-3H3,(H2,22,23,25,26). The van der Waals surface area contributed by atoms with Gasteiger partial charge in [0.2, 0.25) is 5.95 Å². The summed E-state index contributed by atoms with van der Waals surface area (Å²) in [5, 5.41) is 9.66. The molecule has 0 bridgehead atoms. The van der Waals surface area contributed by atoms with Gasteiger partial charge in [-0.15, -0.1) is 0 Å². The quantitative estimate of drug-likeness (QED) is 0.582. The van der Waals surface area contributed by atoms with Crippen molar-refractivity contribution in [1.82, 2.24) is 19.7 Å². The summed E-state index contributed by atoms with van der Waals surface area (Å²) in [5.74, 6) is -3.88. The van der Waals surface area contributed by atoms with E-state index in [1.54, 1.807) is 23.7 Å². The highest BCUT2D eigenvalue weighted by atomic mass is 32.2. The first-order valence-corrected chi connectivity index (χ1v) is 10.6. The zero-order valence-corrected chi connectivity index (χ0v) is 17.1. The van der Waals surface area contributed by atoms with Crippen molar-refractivity contribution < 1.29 is 21.6 Å². The van der Waals surface area contributed by atoms with Crippen LogP contribution < -0.4 is 10.6 Å². The molecule has 12 heteroatoms. The molecule has 2 N–H and O–H groups in total. The molecule has 0 fully saturated rings. The maximum absolute atomic E-state index is 13.7. The van der Waals surface area contributed by atoms with Crippen LogP contribution in [0.25, 0.3) is 5.69 Å². The average molecular weight is 440 g/mol. The van der Waals surface area contributed by atoms with Gasteiger partial charge in [0.1, 0.15) is 5.82 Å². The molecule has 0 saturated carbocycles. The van der Waals surface area contributed by atoms with Crippen LogP contribution in [0.4, 0.5) is 30.6 Å². The van der Waals surface area contributed by atoms with E-state index in [9.17, 15) is 21.6 Å². The van der Waals surface area contributed by atoms with Crippen molar-refractivity contribution in [1.29, 1.82) is 0 Å². The molecule has 0 radical (unpaired) electrons. The Balaban J connectivity index is 1.88. The van der Waals surface area contributed by atoms with E-state index in [1.807, 2.05) is 0 Å². The number of nitrogens with zero attached hydrogens (tertiary/aromatic N) is 4. The van der Waals surface area contributed by atoms with E-state index in [-0.39, 0.29) is 16.7 Å². The minimum Gasteiger partial charge on any atom is -0.373 e. The van der Waals surface area contributed by atoms with E-state index < -0.39 is 28.0 Å². The number of alkyl halides is 3. The fraction of sp³-hybridized carbons (Fsp3) is 0.278. The Morgan fingerprint density at radius 2 is 1.83 bits per heavy atom. The number of rotatable bonds is 7. The number of nitrogens with one attached hydrogen (secondary N) is 2. The zero-order chi connectivity index (χ0) is 22.1. The van der Waals surface area contributed by atoms with E-state index >= 15 is 0 Å². The third-order valence-electron chi connectivity index (χ3n) is 4.35. The number of hydrogen-bond acceptors (Lipinski definition) is 7. The number of hydrogen-bond donors (Lipinski definition) is 2. The molecular formula is C18H19F3N6O2S. The van der Waals surface area contributed by atoms with E-state index in [2.05, 4.69) is 25.7 Å². The molecule has 0 amide bonds. The molecule has 3 rings (SSSR count). The van der Waals surface area contributed by atoms with Gasteiger partial charge in [0.25, 0.3) is 0 Å². The van der Waals surface area contributed by atoms with Gasteiger partial charge in [-0.05, 0) is 31.2 Å². The summed E-state index contributed by atoms with van der Waals surface area (Å²) in [7, 11) is -1.92. The minimum absolute atomic E-state index is 0.0211. The summed E-state index contributed by atoms with van der Waals surface area (Å²) in [6, 6.07) is 6.18. The monoisotopic (exact) mass is 440 g/mol. The predicted octanol–water partition coefficient (Wildman–Crippen LogP) is 3.22. The average Bonchev–Trinajstić information content (AvgIpc) is 3.07. The van der Waals surface area contributed by atoms with Crippen LogP contribution in [-0.2, 0) is 15.8 Å². The molecule has 160 valence electrons. The normalized spacial score (nSPS) is 12.1. The highest BCUT2D eigenvalue weighted by Crippen LogP contribution is 2.33. The van der Waals surface area contributed by atoms with Crippen LogP contribution in [0.1, 0.15) is 11.3 Å². The van der Waals surface area contributed by atoms with E-state index in [1.165, 1.54) is 25.4 Å². The van der Waals surface area contributed by atoms with Crippen LogP contribution in [-0.4, -0.2) is 48.1 Å². The van der Waals surface area contributed by atoms with Crippen molar-refractivity contribution in [2.75, 3.05) is 30.6 Å². The van der Waals surface area contributed by atoms with Gasteiger partial charge in [0, 0.05) is 19.5 Å². The lowest BCUT2D eigenvalue weighted by Crippen LogP contribution is -2.19. The van der Waals surface area contributed by atoms with Crippen molar-refractivity contribution in [3.05, 3.63) is 47.9 Å². The van der Waals surface area contributed by atoms with Crippen LogP contribution >= 0.6 is 0 Å². The second-order valence-electron chi connectivity index (χ2n) is 6.49. The topological polar surface area (TPSA) is 102 Å². The van der Waals surface area contributed by atoms with Crippen molar-refractivity contribution in [2.45, 2.75) is 17.7 Å². The van der Waals surface area contributed by atoms with Gasteiger partial charge in [0.15, 0.2) is 16.5 Å². The molecule has 0 atom stereocenters. The van der Waals surface area contributed by atoms with Gasteiger partial charge in [-0.3, -0.25) is 0 Å². The van der Waals surface area contributed by atoms with Crippen molar-refractivity contribution in [2.24, 2.45) is 0 Å². The van der Waals surface area contributed by atoms with Gasteiger partial charge in [-0.25, -0.2) is 22.5 Å². The van der Waals surface area contributed by atoms with Crippen molar-refractivity contribution >= 4 is 27.3 Å². The van der Waals surface area contributed by atoms with E-state index in [0.717, 1.165) is 12.5 Å².